The summed E-state index contributed by atoms with van der Waals surface area (Å²) >= 11 is 0. The average Bonchev–Trinajstić information content (AvgIpc) is 2.82. The second-order valence-corrected chi connectivity index (χ2v) is 7.85. The molecule has 4 N–H and O–H groups in total. The predicted molar refractivity (Wildman–Crippen MR) is 125 cm³/mol. The molecule has 31 heavy (non-hydrogen) atoms. The maximum Gasteiger partial charge on any atom is 0.308 e. The van der Waals surface area contributed by atoms with Crippen LogP contribution in [0.4, 0.5) is 0 Å². The molecule has 0 fully saturated rings. The number of ether oxygens (including phenoxy) is 1. The molecule has 0 heterocycles. The highest BCUT2D eigenvalue weighted by Crippen LogP contribution is 2.42. The minimum absolute atomic E-state index is 0.168. The van der Waals surface area contributed by atoms with Crippen molar-refractivity contribution in [1.29, 1.82) is 0 Å². The Balaban J connectivity index is 1.94. The van der Waals surface area contributed by atoms with Crippen molar-refractivity contribution in [2.75, 3.05) is 6.54 Å². The van der Waals surface area contributed by atoms with Crippen molar-refractivity contribution in [2.24, 2.45) is 11.5 Å². The second kappa shape index (κ2) is 11.4. The molecule has 0 bridgehead atoms. The van der Waals surface area contributed by atoms with Crippen molar-refractivity contribution in [3.05, 3.63) is 108 Å². The van der Waals surface area contributed by atoms with Crippen molar-refractivity contribution in [1.82, 2.24) is 0 Å². The van der Waals surface area contributed by atoms with Gasteiger partial charge in [-0.15, -0.1) is 0 Å². The topological polar surface area (TPSA) is 78.3 Å². The van der Waals surface area contributed by atoms with Crippen LogP contribution in [0.15, 0.2) is 91.0 Å². The Morgan fingerprint density at radius 2 is 1.19 bits per heavy atom. The summed E-state index contributed by atoms with van der Waals surface area (Å²) in [6.45, 7) is 0.669. The van der Waals surface area contributed by atoms with E-state index in [4.69, 9.17) is 16.2 Å². The van der Waals surface area contributed by atoms with Gasteiger partial charge in [0.1, 0.15) is 0 Å². The van der Waals surface area contributed by atoms with Crippen LogP contribution in [-0.2, 0) is 14.9 Å². The number of hydrogen-bond donors (Lipinski definition) is 2. The van der Waals surface area contributed by atoms with Gasteiger partial charge in [-0.1, -0.05) is 97.4 Å². The molecule has 0 amide bonds. The Morgan fingerprint density at radius 3 is 1.61 bits per heavy atom. The smallest absolute Gasteiger partial charge is 0.308 e. The van der Waals surface area contributed by atoms with Crippen molar-refractivity contribution in [2.45, 2.75) is 43.7 Å². The van der Waals surface area contributed by atoms with Gasteiger partial charge >= 0.3 is 5.97 Å². The third-order valence-corrected chi connectivity index (χ3v) is 5.68. The molecule has 0 spiro atoms. The molecule has 4 heteroatoms. The fraction of sp³-hybridized carbons (Fsp3) is 0.296. The van der Waals surface area contributed by atoms with Gasteiger partial charge in [0.2, 0.25) is 0 Å². The fourth-order valence-electron chi connectivity index (χ4n) is 4.13. The zero-order valence-corrected chi connectivity index (χ0v) is 18.0. The Kier molecular flexibility index (Phi) is 8.39. The molecular formula is C27H32N2O2. The van der Waals surface area contributed by atoms with Crippen molar-refractivity contribution in [3.63, 3.8) is 0 Å². The van der Waals surface area contributed by atoms with Gasteiger partial charge in [0.05, 0.1) is 11.8 Å². The van der Waals surface area contributed by atoms with Gasteiger partial charge in [-0.2, -0.15) is 0 Å². The molecule has 0 saturated carbocycles. The van der Waals surface area contributed by atoms with E-state index in [2.05, 4.69) is 36.4 Å². The fourth-order valence-corrected chi connectivity index (χ4v) is 4.13. The SMILES string of the molecule is NCCCCCC(N)OC(=O)CC(c1ccccc1)(c1ccccc1)c1ccccc1. The molecule has 4 nitrogen and oxygen atoms in total. The number of nitrogens with two attached hydrogens (primary N) is 2. The molecule has 162 valence electrons. The highest BCUT2D eigenvalue weighted by atomic mass is 16.6. The lowest BCUT2D eigenvalue weighted by Crippen LogP contribution is -2.36. The average molecular weight is 417 g/mol. The van der Waals surface area contributed by atoms with Gasteiger partial charge < -0.3 is 10.5 Å². The van der Waals surface area contributed by atoms with E-state index in [1.807, 2.05) is 54.6 Å². The standard InChI is InChI=1S/C27H32N2O2/c28-20-12-4-11-19-25(29)31-26(30)21-27(22-13-5-1-6-14-22,23-15-7-2-8-16-23)24-17-9-3-10-18-24/h1-3,5-10,13-18,25H,4,11-12,19-21,28-29H2. The van der Waals surface area contributed by atoms with Crippen molar-refractivity contribution < 1.29 is 9.53 Å². The van der Waals surface area contributed by atoms with Crippen molar-refractivity contribution >= 4 is 5.97 Å². The summed E-state index contributed by atoms with van der Waals surface area (Å²) in [6.07, 6.45) is 3.05. The molecule has 0 aromatic heterocycles. The summed E-state index contributed by atoms with van der Waals surface area (Å²) in [5, 5.41) is 0. The molecule has 0 aliphatic heterocycles. The molecular weight excluding hydrogens is 384 g/mol. The summed E-state index contributed by atoms with van der Waals surface area (Å²) in [4.78, 5) is 13.2. The van der Waals surface area contributed by atoms with Gasteiger partial charge in [0, 0.05) is 0 Å². The molecule has 1 unspecified atom stereocenters. The third-order valence-electron chi connectivity index (χ3n) is 5.68. The van der Waals surface area contributed by atoms with E-state index >= 15 is 0 Å². The Hall–Kier alpha value is -2.95. The number of carbonyl (C=O) groups excluding carboxylic acids is 1. The Labute approximate surface area is 185 Å². The molecule has 3 rings (SSSR count). The lowest BCUT2D eigenvalue weighted by atomic mass is 9.67. The van der Waals surface area contributed by atoms with Crippen LogP contribution in [0.1, 0.15) is 48.8 Å². The molecule has 3 aromatic carbocycles. The van der Waals surface area contributed by atoms with Crippen LogP contribution in [0, 0.1) is 0 Å². The summed E-state index contributed by atoms with van der Waals surface area (Å²) in [6, 6.07) is 30.4. The van der Waals surface area contributed by atoms with Gasteiger partial charge in [0.15, 0.2) is 6.23 Å². The normalized spacial score (nSPS) is 12.3. The highest BCUT2D eigenvalue weighted by molar-refractivity contribution is 5.75. The molecule has 1 atom stereocenters. The highest BCUT2D eigenvalue weighted by Gasteiger charge is 2.39. The van der Waals surface area contributed by atoms with Crippen LogP contribution in [-0.4, -0.2) is 18.7 Å². The second-order valence-electron chi connectivity index (χ2n) is 7.85. The molecule has 0 saturated heterocycles. The first-order valence-corrected chi connectivity index (χ1v) is 11.0. The number of esters is 1. The molecule has 3 aromatic rings. The maximum atomic E-state index is 13.2. The van der Waals surface area contributed by atoms with E-state index in [9.17, 15) is 4.79 Å². The Bertz CT molecular complexity index is 817. The van der Waals surface area contributed by atoms with Crippen LogP contribution >= 0.6 is 0 Å². The summed E-state index contributed by atoms with van der Waals surface area (Å²) < 4.78 is 5.66. The van der Waals surface area contributed by atoms with E-state index in [0.29, 0.717) is 13.0 Å². The molecule has 0 radical (unpaired) electrons. The van der Waals surface area contributed by atoms with E-state index in [-0.39, 0.29) is 12.4 Å². The largest absolute Gasteiger partial charge is 0.447 e. The first-order chi connectivity index (χ1) is 15.2. The third kappa shape index (κ3) is 5.81. The number of carbonyl (C=O) groups is 1. The quantitative estimate of drug-likeness (QED) is 0.204. The summed E-state index contributed by atoms with van der Waals surface area (Å²) in [7, 11) is 0. The van der Waals surface area contributed by atoms with E-state index in [0.717, 1.165) is 36.0 Å². The van der Waals surface area contributed by atoms with E-state index in [1.54, 1.807) is 0 Å². The van der Waals surface area contributed by atoms with E-state index < -0.39 is 11.6 Å². The zero-order chi connectivity index (χ0) is 21.9. The maximum absolute atomic E-state index is 13.2. The van der Waals surface area contributed by atoms with Gasteiger partial charge in [0.25, 0.3) is 0 Å². The van der Waals surface area contributed by atoms with Gasteiger partial charge in [-0.3, -0.25) is 10.5 Å². The lowest BCUT2D eigenvalue weighted by molar-refractivity contribution is -0.150. The molecule has 0 aliphatic rings. The first-order valence-electron chi connectivity index (χ1n) is 11.0. The number of benzene rings is 3. The number of hydrogen-bond acceptors (Lipinski definition) is 4. The van der Waals surface area contributed by atoms with Crippen LogP contribution < -0.4 is 11.5 Å². The van der Waals surface area contributed by atoms with E-state index in [1.165, 1.54) is 0 Å². The van der Waals surface area contributed by atoms with Crippen LogP contribution in [0.3, 0.4) is 0 Å². The Morgan fingerprint density at radius 1 is 0.742 bits per heavy atom. The van der Waals surface area contributed by atoms with Crippen molar-refractivity contribution in [3.8, 4) is 0 Å². The number of unbranched alkanes of at least 4 members (excludes halogenated alkanes) is 2. The van der Waals surface area contributed by atoms with Gasteiger partial charge in [-0.05, 0) is 42.5 Å². The summed E-state index contributed by atoms with van der Waals surface area (Å²) in [5.41, 5.74) is 14.1. The lowest BCUT2D eigenvalue weighted by Gasteiger charge is -2.35. The first kappa shape index (κ1) is 22.7. The zero-order valence-electron chi connectivity index (χ0n) is 18.0. The predicted octanol–water partition coefficient (Wildman–Crippen LogP) is 4.76. The van der Waals surface area contributed by atoms with Crippen LogP contribution in [0.25, 0.3) is 0 Å². The molecule has 0 aliphatic carbocycles. The van der Waals surface area contributed by atoms with Gasteiger partial charge in [-0.25, -0.2) is 0 Å². The minimum atomic E-state index is -0.667. The van der Waals surface area contributed by atoms with Crippen LogP contribution in [0.5, 0.6) is 0 Å². The monoisotopic (exact) mass is 416 g/mol. The van der Waals surface area contributed by atoms with Crippen LogP contribution in [0.2, 0.25) is 0 Å². The number of rotatable bonds is 11. The summed E-state index contributed by atoms with van der Waals surface area (Å²) in [5.74, 6) is -0.303. The minimum Gasteiger partial charge on any atom is -0.447 e.